The highest BCUT2D eigenvalue weighted by Crippen LogP contribution is 2.19. The SMILES string of the molecule is C(#Cc1ccc2ccccc2c1)c1ccc(-c2ccccc2)cc1. The van der Waals surface area contributed by atoms with Crippen molar-refractivity contribution in [3.05, 3.63) is 108 Å². The van der Waals surface area contributed by atoms with Crippen LogP contribution in [0.1, 0.15) is 11.1 Å². The molecule has 0 N–H and O–H groups in total. The summed E-state index contributed by atoms with van der Waals surface area (Å²) in [6.45, 7) is 0. The predicted octanol–water partition coefficient (Wildman–Crippen LogP) is 5.91. The first-order valence-electron chi connectivity index (χ1n) is 8.05. The molecule has 0 aliphatic heterocycles. The van der Waals surface area contributed by atoms with Crippen LogP contribution in [0.25, 0.3) is 21.9 Å². The summed E-state index contributed by atoms with van der Waals surface area (Å²) < 4.78 is 0. The van der Waals surface area contributed by atoms with Gasteiger partial charge in [-0.05, 0) is 46.2 Å². The lowest BCUT2D eigenvalue weighted by molar-refractivity contribution is 1.59. The molecule has 0 amide bonds. The topological polar surface area (TPSA) is 0 Å². The largest absolute Gasteiger partial charge is 0.0622 e. The molecule has 0 saturated carbocycles. The molecule has 0 saturated heterocycles. The third-order valence-corrected chi connectivity index (χ3v) is 4.09. The van der Waals surface area contributed by atoms with Crippen molar-refractivity contribution >= 4 is 10.8 Å². The van der Waals surface area contributed by atoms with Gasteiger partial charge in [0, 0.05) is 11.1 Å². The van der Waals surface area contributed by atoms with Gasteiger partial charge in [-0.1, -0.05) is 84.6 Å². The molecule has 0 aliphatic rings. The van der Waals surface area contributed by atoms with Crippen molar-refractivity contribution in [2.45, 2.75) is 0 Å². The summed E-state index contributed by atoms with van der Waals surface area (Å²) in [5.41, 5.74) is 4.52. The predicted molar refractivity (Wildman–Crippen MR) is 102 cm³/mol. The van der Waals surface area contributed by atoms with Gasteiger partial charge in [0.25, 0.3) is 0 Å². The fourth-order valence-electron chi connectivity index (χ4n) is 2.79. The van der Waals surface area contributed by atoms with Crippen LogP contribution in [0.15, 0.2) is 97.1 Å². The summed E-state index contributed by atoms with van der Waals surface area (Å²) in [4.78, 5) is 0. The van der Waals surface area contributed by atoms with Crippen molar-refractivity contribution in [1.82, 2.24) is 0 Å². The Morgan fingerprint density at radius 1 is 0.417 bits per heavy atom. The molecule has 4 aromatic rings. The van der Waals surface area contributed by atoms with Crippen LogP contribution < -0.4 is 0 Å². The van der Waals surface area contributed by atoms with E-state index in [0.717, 1.165) is 11.1 Å². The quantitative estimate of drug-likeness (QED) is 0.384. The van der Waals surface area contributed by atoms with Gasteiger partial charge in [-0.15, -0.1) is 0 Å². The minimum Gasteiger partial charge on any atom is -0.0622 e. The lowest BCUT2D eigenvalue weighted by Gasteiger charge is -2.01. The summed E-state index contributed by atoms with van der Waals surface area (Å²) in [5.74, 6) is 6.52. The lowest BCUT2D eigenvalue weighted by atomic mass is 10.0. The maximum atomic E-state index is 3.26. The Morgan fingerprint density at radius 3 is 1.79 bits per heavy atom. The summed E-state index contributed by atoms with van der Waals surface area (Å²) in [6, 6.07) is 33.5. The second-order valence-electron chi connectivity index (χ2n) is 5.76. The molecule has 0 spiro atoms. The minimum atomic E-state index is 1.03. The molecule has 4 rings (SSSR count). The van der Waals surface area contributed by atoms with E-state index in [1.165, 1.54) is 21.9 Å². The van der Waals surface area contributed by atoms with Crippen molar-refractivity contribution in [2.75, 3.05) is 0 Å². The second kappa shape index (κ2) is 6.44. The first-order valence-corrected chi connectivity index (χ1v) is 8.05. The molecule has 0 fully saturated rings. The molecule has 0 radical (unpaired) electrons. The van der Waals surface area contributed by atoms with Gasteiger partial charge in [0.1, 0.15) is 0 Å². The monoisotopic (exact) mass is 304 g/mol. The molecular formula is C24H16. The van der Waals surface area contributed by atoms with Crippen molar-refractivity contribution < 1.29 is 0 Å². The Hall–Kier alpha value is -3.30. The van der Waals surface area contributed by atoms with E-state index >= 15 is 0 Å². The van der Waals surface area contributed by atoms with Crippen molar-refractivity contribution in [2.24, 2.45) is 0 Å². The Labute approximate surface area is 142 Å². The zero-order valence-electron chi connectivity index (χ0n) is 13.2. The van der Waals surface area contributed by atoms with Crippen LogP contribution in [0, 0.1) is 11.8 Å². The summed E-state index contributed by atoms with van der Waals surface area (Å²) >= 11 is 0. The highest BCUT2D eigenvalue weighted by molar-refractivity contribution is 5.83. The molecule has 4 aromatic carbocycles. The van der Waals surface area contributed by atoms with Crippen LogP contribution in [0.2, 0.25) is 0 Å². The molecular weight excluding hydrogens is 288 g/mol. The van der Waals surface area contributed by atoms with Crippen molar-refractivity contribution in [3.63, 3.8) is 0 Å². The van der Waals surface area contributed by atoms with Gasteiger partial charge in [-0.25, -0.2) is 0 Å². The van der Waals surface area contributed by atoms with E-state index in [1.807, 2.05) is 6.07 Å². The average molecular weight is 304 g/mol. The van der Waals surface area contributed by atoms with Gasteiger partial charge in [-0.2, -0.15) is 0 Å². The molecule has 0 aromatic heterocycles. The Balaban J connectivity index is 1.60. The number of hydrogen-bond acceptors (Lipinski definition) is 0. The van der Waals surface area contributed by atoms with Crippen molar-refractivity contribution in [1.29, 1.82) is 0 Å². The van der Waals surface area contributed by atoms with Gasteiger partial charge in [-0.3, -0.25) is 0 Å². The molecule has 0 nitrogen and oxygen atoms in total. The Bertz CT molecular complexity index is 1030. The van der Waals surface area contributed by atoms with Crippen LogP contribution in [0.4, 0.5) is 0 Å². The first-order chi connectivity index (χ1) is 11.9. The van der Waals surface area contributed by atoms with E-state index < -0.39 is 0 Å². The molecule has 0 heteroatoms. The number of rotatable bonds is 1. The van der Waals surface area contributed by atoms with E-state index in [2.05, 4.69) is 103 Å². The van der Waals surface area contributed by atoms with E-state index in [4.69, 9.17) is 0 Å². The zero-order valence-corrected chi connectivity index (χ0v) is 13.2. The highest BCUT2D eigenvalue weighted by Gasteiger charge is 1.96. The van der Waals surface area contributed by atoms with Crippen LogP contribution in [-0.4, -0.2) is 0 Å². The number of fused-ring (bicyclic) bond motifs is 1. The third kappa shape index (κ3) is 3.07. The Morgan fingerprint density at radius 2 is 1.00 bits per heavy atom. The maximum absolute atomic E-state index is 3.26. The highest BCUT2D eigenvalue weighted by atomic mass is 14.0. The minimum absolute atomic E-state index is 1.03. The van der Waals surface area contributed by atoms with Crippen LogP contribution >= 0.6 is 0 Å². The Kier molecular flexibility index (Phi) is 3.84. The molecule has 0 heterocycles. The van der Waals surface area contributed by atoms with Gasteiger partial charge in [0.05, 0.1) is 0 Å². The molecule has 0 aliphatic carbocycles. The number of benzene rings is 4. The van der Waals surface area contributed by atoms with E-state index in [1.54, 1.807) is 0 Å². The fraction of sp³-hybridized carbons (Fsp3) is 0. The van der Waals surface area contributed by atoms with Gasteiger partial charge < -0.3 is 0 Å². The summed E-state index contributed by atoms with van der Waals surface area (Å²) in [6.07, 6.45) is 0. The molecule has 0 unspecified atom stereocenters. The molecule has 112 valence electrons. The van der Waals surface area contributed by atoms with E-state index in [9.17, 15) is 0 Å². The summed E-state index contributed by atoms with van der Waals surface area (Å²) in [5, 5.41) is 2.47. The van der Waals surface area contributed by atoms with Gasteiger partial charge >= 0.3 is 0 Å². The van der Waals surface area contributed by atoms with Gasteiger partial charge in [0.2, 0.25) is 0 Å². The second-order valence-corrected chi connectivity index (χ2v) is 5.76. The zero-order chi connectivity index (χ0) is 16.2. The van der Waals surface area contributed by atoms with Gasteiger partial charge in [0.15, 0.2) is 0 Å². The standard InChI is InChI=1S/C24H16/c1-2-6-21(7-3-1)23-15-12-19(13-16-23)10-11-20-14-17-22-8-4-5-9-24(22)18-20/h1-9,12-18H. The number of hydrogen-bond donors (Lipinski definition) is 0. The molecule has 24 heavy (non-hydrogen) atoms. The smallest absolute Gasteiger partial charge is 0.0255 e. The fourth-order valence-corrected chi connectivity index (χ4v) is 2.79. The average Bonchev–Trinajstić information content (AvgIpc) is 2.67. The van der Waals surface area contributed by atoms with Crippen LogP contribution in [0.5, 0.6) is 0 Å². The maximum Gasteiger partial charge on any atom is 0.0255 e. The summed E-state index contributed by atoms with van der Waals surface area (Å²) in [7, 11) is 0. The molecule has 0 bridgehead atoms. The normalized spacial score (nSPS) is 10.2. The van der Waals surface area contributed by atoms with Crippen molar-refractivity contribution in [3.8, 4) is 23.0 Å². The third-order valence-electron chi connectivity index (χ3n) is 4.09. The van der Waals surface area contributed by atoms with Crippen LogP contribution in [-0.2, 0) is 0 Å². The van der Waals surface area contributed by atoms with E-state index in [0.29, 0.717) is 0 Å². The molecule has 0 atom stereocenters. The first kappa shape index (κ1) is 14.3. The van der Waals surface area contributed by atoms with E-state index in [-0.39, 0.29) is 0 Å². The lowest BCUT2D eigenvalue weighted by Crippen LogP contribution is -1.80. The van der Waals surface area contributed by atoms with Crippen LogP contribution in [0.3, 0.4) is 0 Å².